The Balaban J connectivity index is 1.54. The van der Waals surface area contributed by atoms with Crippen LogP contribution in [0.2, 0.25) is 0 Å². The monoisotopic (exact) mass is 386 g/mol. The Bertz CT molecular complexity index is 714. The van der Waals surface area contributed by atoms with E-state index in [1.165, 1.54) is 12.8 Å². The van der Waals surface area contributed by atoms with Gasteiger partial charge in [0.15, 0.2) is 6.10 Å². The van der Waals surface area contributed by atoms with Gasteiger partial charge in [0.2, 0.25) is 5.91 Å². The predicted molar refractivity (Wildman–Crippen MR) is 104 cm³/mol. The summed E-state index contributed by atoms with van der Waals surface area (Å²) < 4.78 is 5.79. The molecule has 1 N–H and O–H groups in total. The fourth-order valence-electron chi connectivity index (χ4n) is 4.68. The largest absolute Gasteiger partial charge is 0.356 e. The van der Waals surface area contributed by atoms with Crippen LogP contribution in [0.1, 0.15) is 50.1 Å². The van der Waals surface area contributed by atoms with Gasteiger partial charge in [-0.2, -0.15) is 0 Å². The molecule has 0 bridgehead atoms. The van der Waals surface area contributed by atoms with Gasteiger partial charge in [-0.15, -0.1) is 0 Å². The Morgan fingerprint density at radius 3 is 2.71 bits per heavy atom. The molecule has 0 unspecified atom stereocenters. The number of hydrogen-bond donors (Lipinski definition) is 1. The lowest BCUT2D eigenvalue weighted by Gasteiger charge is -2.41. The summed E-state index contributed by atoms with van der Waals surface area (Å²) in [5.74, 6) is -0.180. The zero-order chi connectivity index (χ0) is 19.7. The van der Waals surface area contributed by atoms with Crippen molar-refractivity contribution < 1.29 is 14.3 Å². The zero-order valence-corrected chi connectivity index (χ0v) is 16.8. The first-order valence-electron chi connectivity index (χ1n) is 10.3. The van der Waals surface area contributed by atoms with Crippen LogP contribution < -0.4 is 5.32 Å². The molecule has 1 aromatic rings. The maximum Gasteiger partial charge on any atom is 0.251 e. The van der Waals surface area contributed by atoms with Crippen LogP contribution in [0, 0.1) is 0 Å². The predicted octanol–water partition coefficient (Wildman–Crippen LogP) is 1.50. The summed E-state index contributed by atoms with van der Waals surface area (Å²) >= 11 is 0. The molecular weight excluding hydrogens is 356 g/mol. The van der Waals surface area contributed by atoms with E-state index in [1.807, 2.05) is 17.0 Å². The van der Waals surface area contributed by atoms with Crippen LogP contribution in [-0.2, 0) is 14.3 Å². The highest BCUT2D eigenvalue weighted by Crippen LogP contribution is 2.39. The number of carbonyl (C=O) groups excluding carboxylic acids is 2. The summed E-state index contributed by atoms with van der Waals surface area (Å²) in [5, 5.41) is 3.15. The molecular formula is C21H30N4O3. The van der Waals surface area contributed by atoms with Crippen LogP contribution >= 0.6 is 0 Å². The van der Waals surface area contributed by atoms with Crippen LogP contribution in [0.5, 0.6) is 0 Å². The fraction of sp³-hybridized carbons (Fsp3) is 0.667. The smallest absolute Gasteiger partial charge is 0.251 e. The van der Waals surface area contributed by atoms with Gasteiger partial charge in [0, 0.05) is 30.5 Å². The van der Waals surface area contributed by atoms with Crippen molar-refractivity contribution in [1.29, 1.82) is 0 Å². The molecule has 0 aromatic carbocycles. The maximum absolute atomic E-state index is 13.2. The number of carbonyl (C=O) groups is 2. The van der Waals surface area contributed by atoms with E-state index in [4.69, 9.17) is 4.74 Å². The topological polar surface area (TPSA) is 74.8 Å². The molecule has 3 aliphatic rings. The highest BCUT2D eigenvalue weighted by molar-refractivity contribution is 5.86. The molecule has 1 aromatic heterocycles. The van der Waals surface area contributed by atoms with Crippen molar-refractivity contribution in [3.63, 3.8) is 0 Å². The molecule has 7 heteroatoms. The number of hydrogen-bond acceptors (Lipinski definition) is 5. The summed E-state index contributed by atoms with van der Waals surface area (Å²) in [7, 11) is 4.17. The van der Waals surface area contributed by atoms with Crippen molar-refractivity contribution in [3.8, 4) is 0 Å². The third-order valence-electron chi connectivity index (χ3n) is 6.56. The minimum absolute atomic E-state index is 0.0140. The van der Waals surface area contributed by atoms with E-state index in [1.54, 1.807) is 12.4 Å². The maximum atomic E-state index is 13.2. The van der Waals surface area contributed by atoms with Gasteiger partial charge in [0.25, 0.3) is 5.91 Å². The van der Waals surface area contributed by atoms with Gasteiger partial charge >= 0.3 is 0 Å². The molecule has 2 amide bonds. The van der Waals surface area contributed by atoms with Crippen LogP contribution in [0.15, 0.2) is 24.5 Å². The minimum Gasteiger partial charge on any atom is -0.356 e. The van der Waals surface area contributed by atoms with Crippen molar-refractivity contribution in [2.75, 3.05) is 27.2 Å². The molecule has 28 heavy (non-hydrogen) atoms. The van der Waals surface area contributed by atoms with E-state index in [0.717, 1.165) is 31.2 Å². The van der Waals surface area contributed by atoms with E-state index in [-0.39, 0.29) is 30.0 Å². The Hall–Kier alpha value is -1.99. The van der Waals surface area contributed by atoms with Gasteiger partial charge in [0.05, 0.1) is 6.04 Å². The first kappa shape index (κ1) is 19.3. The van der Waals surface area contributed by atoms with E-state index >= 15 is 0 Å². The van der Waals surface area contributed by atoms with Gasteiger partial charge in [-0.25, -0.2) is 0 Å². The average Bonchev–Trinajstić information content (AvgIpc) is 3.42. The third kappa shape index (κ3) is 3.65. The average molecular weight is 386 g/mol. The van der Waals surface area contributed by atoms with Crippen molar-refractivity contribution in [1.82, 2.24) is 20.1 Å². The molecule has 2 saturated carbocycles. The van der Waals surface area contributed by atoms with Crippen molar-refractivity contribution in [2.45, 2.75) is 62.3 Å². The first-order valence-corrected chi connectivity index (χ1v) is 10.3. The molecule has 152 valence electrons. The number of aromatic nitrogens is 1. The number of rotatable bonds is 6. The lowest BCUT2D eigenvalue weighted by molar-refractivity contribution is -0.165. The van der Waals surface area contributed by atoms with Crippen LogP contribution in [0.3, 0.4) is 0 Å². The van der Waals surface area contributed by atoms with Crippen LogP contribution in [-0.4, -0.2) is 71.5 Å². The van der Waals surface area contributed by atoms with E-state index in [9.17, 15) is 9.59 Å². The standard InChI is InChI=1S/C21H30N4O3/c1-24(2)21(9-3-4-10-21)14-23-20(27)19-18(15-6-5-11-22-12-15)25(16-7-8-16)17(26)13-28-19/h5-6,11-12,16,18-19H,3-4,7-10,13-14H2,1-2H3,(H,23,27)/t18-,19+/m1/s1. The summed E-state index contributed by atoms with van der Waals surface area (Å²) in [6.07, 6.45) is 9.26. The van der Waals surface area contributed by atoms with Gasteiger partial charge < -0.3 is 19.9 Å². The Labute approximate surface area is 166 Å². The number of ether oxygens (including phenoxy) is 1. The molecule has 7 nitrogen and oxygen atoms in total. The van der Waals surface area contributed by atoms with Crippen molar-refractivity contribution in [2.24, 2.45) is 0 Å². The molecule has 0 radical (unpaired) electrons. The molecule has 3 fully saturated rings. The highest BCUT2D eigenvalue weighted by Gasteiger charge is 2.48. The van der Waals surface area contributed by atoms with E-state index < -0.39 is 12.1 Å². The second-order valence-electron chi connectivity index (χ2n) is 8.54. The van der Waals surface area contributed by atoms with E-state index in [2.05, 4.69) is 29.3 Å². The number of nitrogens with one attached hydrogen (secondary N) is 1. The summed E-state index contributed by atoms with van der Waals surface area (Å²) in [4.78, 5) is 34.1. The summed E-state index contributed by atoms with van der Waals surface area (Å²) in [6, 6.07) is 3.56. The van der Waals surface area contributed by atoms with Crippen LogP contribution in [0.4, 0.5) is 0 Å². The Morgan fingerprint density at radius 1 is 1.36 bits per heavy atom. The van der Waals surface area contributed by atoms with Crippen LogP contribution in [0.25, 0.3) is 0 Å². The SMILES string of the molecule is CN(C)C1(CNC(=O)[C@H]2OCC(=O)N(C3CC3)[C@@H]2c2cccnc2)CCCC1. The molecule has 1 saturated heterocycles. The number of morpholine rings is 1. The van der Waals surface area contributed by atoms with Gasteiger partial charge in [-0.3, -0.25) is 14.6 Å². The second kappa shape index (κ2) is 7.79. The Morgan fingerprint density at radius 2 is 2.11 bits per heavy atom. The lowest BCUT2D eigenvalue weighted by Crippen LogP contribution is -2.57. The fourth-order valence-corrected chi connectivity index (χ4v) is 4.68. The highest BCUT2D eigenvalue weighted by atomic mass is 16.5. The first-order chi connectivity index (χ1) is 13.5. The number of pyridine rings is 1. The zero-order valence-electron chi connectivity index (χ0n) is 16.8. The van der Waals surface area contributed by atoms with Gasteiger partial charge in [-0.05, 0) is 51.4 Å². The van der Waals surface area contributed by atoms with E-state index in [0.29, 0.717) is 6.54 Å². The Kier molecular flexibility index (Phi) is 5.38. The minimum atomic E-state index is -0.705. The summed E-state index contributed by atoms with van der Waals surface area (Å²) in [6.45, 7) is 0.569. The number of nitrogens with zero attached hydrogens (tertiary/aromatic N) is 3. The quantitative estimate of drug-likeness (QED) is 0.802. The normalized spacial score (nSPS) is 27.2. The molecule has 4 rings (SSSR count). The van der Waals surface area contributed by atoms with Gasteiger partial charge in [-0.1, -0.05) is 18.9 Å². The third-order valence-corrected chi connectivity index (χ3v) is 6.56. The van der Waals surface area contributed by atoms with Crippen molar-refractivity contribution in [3.05, 3.63) is 30.1 Å². The molecule has 0 spiro atoms. The molecule has 1 aliphatic heterocycles. The van der Waals surface area contributed by atoms with Gasteiger partial charge in [0.1, 0.15) is 6.61 Å². The van der Waals surface area contributed by atoms with Crippen molar-refractivity contribution >= 4 is 11.8 Å². The second-order valence-corrected chi connectivity index (χ2v) is 8.54. The molecule has 2 atom stereocenters. The number of likely N-dealkylation sites (N-methyl/N-ethyl adjacent to an activating group) is 1. The number of amides is 2. The molecule has 2 aliphatic carbocycles. The lowest BCUT2D eigenvalue weighted by atomic mass is 9.94. The molecule has 2 heterocycles. The summed E-state index contributed by atoms with van der Waals surface area (Å²) in [5.41, 5.74) is 0.867.